The van der Waals surface area contributed by atoms with Gasteiger partial charge >= 0.3 is 0 Å². The van der Waals surface area contributed by atoms with Gasteiger partial charge in [0.05, 0.1) is 15.6 Å². The van der Waals surface area contributed by atoms with Crippen LogP contribution in [0, 0.1) is 0 Å². The topological polar surface area (TPSA) is 32.7 Å². The van der Waals surface area contributed by atoms with Gasteiger partial charge in [-0.25, -0.2) is 4.99 Å². The molecule has 0 saturated carbocycles. The molecular weight excluding hydrogens is 515 g/mol. The molecule has 3 aromatic carbocycles. The maximum atomic E-state index is 13.4. The molecule has 0 saturated heterocycles. The molecule has 31 heavy (non-hydrogen) atoms. The van der Waals surface area contributed by atoms with E-state index in [9.17, 15) is 4.79 Å². The number of carbonyl (C=O) groups excluding carboxylic acids is 1. The number of halogens is 3. The Hall–Kier alpha value is -2.44. The van der Waals surface area contributed by atoms with Gasteiger partial charge in [-0.15, -0.1) is 11.3 Å². The van der Waals surface area contributed by atoms with E-state index in [1.165, 1.54) is 11.3 Å². The fraction of sp³-hybridized carbons (Fsp3) is 0. The summed E-state index contributed by atoms with van der Waals surface area (Å²) >= 11 is 17.8. The molecule has 3 nitrogen and oxygen atoms in total. The zero-order valence-corrected chi connectivity index (χ0v) is 19.8. The summed E-state index contributed by atoms with van der Waals surface area (Å²) in [6.45, 7) is 0. The van der Waals surface area contributed by atoms with Crippen LogP contribution in [0.15, 0.2) is 88.0 Å². The van der Waals surface area contributed by atoms with Crippen molar-refractivity contribution >= 4 is 84.1 Å². The van der Waals surface area contributed by atoms with Gasteiger partial charge in [0.15, 0.2) is 5.84 Å². The zero-order valence-electron chi connectivity index (χ0n) is 15.9. The summed E-state index contributed by atoms with van der Waals surface area (Å²) in [6, 6.07) is 22.7. The van der Waals surface area contributed by atoms with E-state index in [4.69, 9.17) is 28.2 Å². The largest absolute Gasteiger partial charge is 0.282 e. The number of hydrogen-bond acceptors (Lipinski definition) is 3. The van der Waals surface area contributed by atoms with Gasteiger partial charge in [-0.1, -0.05) is 69.5 Å². The fourth-order valence-corrected chi connectivity index (χ4v) is 5.26. The molecule has 1 aliphatic rings. The summed E-state index contributed by atoms with van der Waals surface area (Å²) in [7, 11) is 0. The number of fused-ring (bicyclic) bond motifs is 1. The van der Waals surface area contributed by atoms with E-state index in [0.717, 1.165) is 25.0 Å². The molecule has 7 heteroatoms. The normalized spacial score (nSPS) is 15.2. The highest BCUT2D eigenvalue weighted by Gasteiger charge is 2.34. The second-order valence-corrected chi connectivity index (χ2v) is 9.66. The lowest BCUT2D eigenvalue weighted by atomic mass is 10.2. The van der Waals surface area contributed by atoms with Crippen molar-refractivity contribution in [2.45, 2.75) is 0 Å². The molecule has 0 fully saturated rings. The average molecular weight is 528 g/mol. The lowest BCUT2D eigenvalue weighted by molar-refractivity contribution is -0.113. The van der Waals surface area contributed by atoms with Crippen molar-refractivity contribution in [1.82, 2.24) is 0 Å². The molecule has 1 amide bonds. The lowest BCUT2D eigenvalue weighted by Crippen LogP contribution is -2.32. The van der Waals surface area contributed by atoms with Crippen molar-refractivity contribution < 1.29 is 4.79 Å². The van der Waals surface area contributed by atoms with Gasteiger partial charge in [-0.2, -0.15) is 0 Å². The minimum absolute atomic E-state index is 0.214. The third-order valence-corrected chi connectivity index (χ3v) is 7.31. The van der Waals surface area contributed by atoms with Gasteiger partial charge in [0, 0.05) is 19.6 Å². The maximum Gasteiger partial charge on any atom is 0.282 e. The molecule has 0 aliphatic carbocycles. The van der Waals surface area contributed by atoms with Gasteiger partial charge < -0.3 is 0 Å². The van der Waals surface area contributed by atoms with Crippen LogP contribution in [0.5, 0.6) is 0 Å². The fourth-order valence-electron chi connectivity index (χ4n) is 3.37. The van der Waals surface area contributed by atoms with Crippen molar-refractivity contribution in [3.63, 3.8) is 0 Å². The predicted octanol–water partition coefficient (Wildman–Crippen LogP) is 7.81. The molecular formula is C24H13BrCl2N2OS. The molecule has 1 aliphatic heterocycles. The van der Waals surface area contributed by atoms with E-state index in [1.54, 1.807) is 35.2 Å². The first-order valence-corrected chi connectivity index (χ1v) is 11.7. The zero-order chi connectivity index (χ0) is 21.5. The van der Waals surface area contributed by atoms with Crippen molar-refractivity contribution in [1.29, 1.82) is 0 Å². The number of rotatable bonds is 3. The highest BCUT2D eigenvalue weighted by molar-refractivity contribution is 9.10. The van der Waals surface area contributed by atoms with Crippen LogP contribution in [0.3, 0.4) is 0 Å². The first kappa shape index (κ1) is 20.5. The van der Waals surface area contributed by atoms with Crippen LogP contribution in [0.1, 0.15) is 10.4 Å². The molecule has 0 bridgehead atoms. The predicted molar refractivity (Wildman–Crippen MR) is 134 cm³/mol. The van der Waals surface area contributed by atoms with Gasteiger partial charge in [0.2, 0.25) is 0 Å². The third-order valence-electron chi connectivity index (χ3n) is 4.86. The van der Waals surface area contributed by atoms with Crippen molar-refractivity contribution in [3.05, 3.63) is 103 Å². The summed E-state index contributed by atoms with van der Waals surface area (Å²) in [5.74, 6) is 0.302. The number of thiophene rings is 1. The van der Waals surface area contributed by atoms with E-state index in [2.05, 4.69) is 15.9 Å². The monoisotopic (exact) mass is 526 g/mol. The molecule has 0 unspecified atom stereocenters. The van der Waals surface area contributed by atoms with Crippen LogP contribution >= 0.6 is 50.5 Å². The second kappa shape index (κ2) is 8.24. The first-order valence-electron chi connectivity index (χ1n) is 9.34. The van der Waals surface area contributed by atoms with Gasteiger partial charge in [0.1, 0.15) is 5.70 Å². The van der Waals surface area contributed by atoms with E-state index in [0.29, 0.717) is 27.3 Å². The average Bonchev–Trinajstić information content (AvgIpc) is 3.28. The number of amidine groups is 1. The van der Waals surface area contributed by atoms with E-state index in [1.807, 2.05) is 48.5 Å². The van der Waals surface area contributed by atoms with Crippen LogP contribution in [-0.2, 0) is 4.79 Å². The smallest absolute Gasteiger partial charge is 0.266 e. The van der Waals surface area contributed by atoms with Crippen LogP contribution in [0.2, 0.25) is 10.0 Å². The summed E-state index contributed by atoms with van der Waals surface area (Å²) < 4.78 is 2.01. The molecule has 1 aromatic heterocycles. The van der Waals surface area contributed by atoms with E-state index in [-0.39, 0.29) is 5.91 Å². The van der Waals surface area contributed by atoms with E-state index >= 15 is 0 Å². The molecule has 152 valence electrons. The quantitative estimate of drug-likeness (QED) is 0.250. The molecule has 4 aromatic rings. The van der Waals surface area contributed by atoms with Gasteiger partial charge in [-0.05, 0) is 54.1 Å². The Morgan fingerprint density at radius 1 is 0.935 bits per heavy atom. The standard InChI is InChI=1S/C24H13BrCl2N2OS/c25-15-7-5-14(6-8-15)13-19-24(30)29(17-11-9-16(26)10-12-17)23(28-19)22-21(27)18-3-1-2-4-20(18)31-22/h1-13H/b19-13+. The van der Waals surface area contributed by atoms with Crippen LogP contribution in [0.4, 0.5) is 5.69 Å². The first-order chi connectivity index (χ1) is 15.0. The summed E-state index contributed by atoms with van der Waals surface area (Å²) in [4.78, 5) is 20.5. The second-order valence-electron chi connectivity index (χ2n) is 6.87. The highest BCUT2D eigenvalue weighted by atomic mass is 79.9. The number of carbonyl (C=O) groups is 1. The Kier molecular flexibility index (Phi) is 5.44. The molecule has 5 rings (SSSR count). The Balaban J connectivity index is 1.68. The SMILES string of the molecule is O=C1/C(=C\c2ccc(Br)cc2)N=C(c2sc3ccccc3c2Cl)N1c1ccc(Cl)cc1. The number of nitrogens with zero attached hydrogens (tertiary/aromatic N) is 2. The van der Waals surface area contributed by atoms with Gasteiger partial charge in [-0.3, -0.25) is 9.69 Å². The molecule has 0 N–H and O–H groups in total. The number of benzene rings is 3. The Morgan fingerprint density at radius 2 is 1.65 bits per heavy atom. The number of amides is 1. The van der Waals surface area contributed by atoms with Crippen LogP contribution in [0.25, 0.3) is 16.2 Å². The highest BCUT2D eigenvalue weighted by Crippen LogP contribution is 2.39. The molecule has 0 spiro atoms. The lowest BCUT2D eigenvalue weighted by Gasteiger charge is -2.18. The van der Waals surface area contributed by atoms with Crippen LogP contribution < -0.4 is 4.90 Å². The molecule has 0 radical (unpaired) electrons. The molecule has 2 heterocycles. The number of hydrogen-bond donors (Lipinski definition) is 0. The van der Waals surface area contributed by atoms with Crippen LogP contribution in [-0.4, -0.2) is 11.7 Å². The Morgan fingerprint density at radius 3 is 2.35 bits per heavy atom. The van der Waals surface area contributed by atoms with E-state index < -0.39 is 0 Å². The Labute approximate surface area is 201 Å². The van der Waals surface area contributed by atoms with Crippen molar-refractivity contribution in [2.24, 2.45) is 4.99 Å². The summed E-state index contributed by atoms with van der Waals surface area (Å²) in [5, 5.41) is 2.14. The molecule has 0 atom stereocenters. The summed E-state index contributed by atoms with van der Waals surface area (Å²) in [5.41, 5.74) is 1.91. The van der Waals surface area contributed by atoms with Gasteiger partial charge in [0.25, 0.3) is 5.91 Å². The number of aliphatic imine (C=N–C) groups is 1. The summed E-state index contributed by atoms with van der Waals surface area (Å²) in [6.07, 6.45) is 1.78. The number of anilines is 1. The third kappa shape index (κ3) is 3.83. The van der Waals surface area contributed by atoms with Crippen molar-refractivity contribution in [3.8, 4) is 0 Å². The minimum atomic E-state index is -0.214. The minimum Gasteiger partial charge on any atom is -0.266 e. The maximum absolute atomic E-state index is 13.4. The Bertz CT molecular complexity index is 1380. The van der Waals surface area contributed by atoms with Crippen molar-refractivity contribution in [2.75, 3.05) is 4.90 Å².